The first-order valence-electron chi connectivity index (χ1n) is 9.57. The summed E-state index contributed by atoms with van der Waals surface area (Å²) < 4.78 is 0. The van der Waals surface area contributed by atoms with Crippen molar-refractivity contribution in [3.05, 3.63) is 71.8 Å². The van der Waals surface area contributed by atoms with Crippen molar-refractivity contribution < 1.29 is 14.4 Å². The quantitative estimate of drug-likeness (QED) is 0.647. The van der Waals surface area contributed by atoms with Gasteiger partial charge in [-0.05, 0) is 24.0 Å². The van der Waals surface area contributed by atoms with E-state index in [9.17, 15) is 14.4 Å². The molecule has 0 spiro atoms. The summed E-state index contributed by atoms with van der Waals surface area (Å²) in [7, 11) is 0. The van der Waals surface area contributed by atoms with Gasteiger partial charge >= 0.3 is 0 Å². The summed E-state index contributed by atoms with van der Waals surface area (Å²) in [6.45, 7) is 0.547. The van der Waals surface area contributed by atoms with Crippen molar-refractivity contribution in [1.29, 1.82) is 0 Å². The molecule has 3 N–H and O–H groups in total. The molecule has 0 aliphatic carbocycles. The fourth-order valence-corrected chi connectivity index (χ4v) is 3.23. The molecule has 146 valence electrons. The first kappa shape index (κ1) is 19.6. The van der Waals surface area contributed by atoms with Gasteiger partial charge in [0.05, 0.1) is 0 Å². The third kappa shape index (κ3) is 5.67. The van der Waals surface area contributed by atoms with Gasteiger partial charge in [-0.3, -0.25) is 14.4 Å². The Hall–Kier alpha value is -3.15. The molecule has 28 heavy (non-hydrogen) atoms. The predicted octanol–water partition coefficient (Wildman–Crippen LogP) is 1.35. The van der Waals surface area contributed by atoms with Gasteiger partial charge in [0, 0.05) is 19.4 Å². The van der Waals surface area contributed by atoms with Gasteiger partial charge in [0.1, 0.15) is 12.1 Å². The maximum absolute atomic E-state index is 12.3. The maximum Gasteiger partial charge on any atom is 0.243 e. The van der Waals surface area contributed by atoms with E-state index in [2.05, 4.69) is 16.0 Å². The summed E-state index contributed by atoms with van der Waals surface area (Å²) in [4.78, 5) is 36.6. The number of nitrogens with one attached hydrogen (secondary N) is 3. The molecule has 1 fully saturated rings. The van der Waals surface area contributed by atoms with Crippen LogP contribution in [0.2, 0.25) is 0 Å². The Balaban J connectivity index is 1.39. The van der Waals surface area contributed by atoms with Gasteiger partial charge in [-0.1, -0.05) is 60.7 Å². The van der Waals surface area contributed by atoms with Crippen molar-refractivity contribution in [2.24, 2.45) is 0 Å². The number of rotatable bonds is 8. The van der Waals surface area contributed by atoms with E-state index in [0.717, 1.165) is 17.5 Å². The Morgan fingerprint density at radius 3 is 2.07 bits per heavy atom. The molecule has 3 amide bonds. The van der Waals surface area contributed by atoms with Crippen molar-refractivity contribution in [1.82, 2.24) is 16.0 Å². The molecular formula is C22H25N3O3. The fraction of sp³-hybridized carbons (Fsp3) is 0.318. The number of piperazine rings is 1. The number of amides is 3. The molecule has 1 saturated heterocycles. The smallest absolute Gasteiger partial charge is 0.243 e. The SMILES string of the molecule is O=C(CCC1NC(=O)C(Cc2ccccc2)NC1=O)NCCc1ccccc1. The van der Waals surface area contributed by atoms with Crippen LogP contribution in [-0.4, -0.2) is 36.3 Å². The lowest BCUT2D eigenvalue weighted by molar-refractivity contribution is -0.137. The standard InChI is InChI=1S/C22H25N3O3/c26-20(23-14-13-16-7-3-1-4-8-16)12-11-18-21(27)25-19(22(28)24-18)15-17-9-5-2-6-10-17/h1-10,18-19H,11-15H2,(H,23,26)(H,24,28)(H,25,27). The number of carbonyl (C=O) groups excluding carboxylic acids is 3. The summed E-state index contributed by atoms with van der Waals surface area (Å²) in [6, 6.07) is 18.2. The number of hydrogen-bond donors (Lipinski definition) is 3. The second-order valence-corrected chi connectivity index (χ2v) is 6.94. The molecule has 1 heterocycles. The average Bonchev–Trinajstić information content (AvgIpc) is 2.71. The third-order valence-corrected chi connectivity index (χ3v) is 4.79. The van der Waals surface area contributed by atoms with E-state index < -0.39 is 12.1 Å². The predicted molar refractivity (Wildman–Crippen MR) is 106 cm³/mol. The van der Waals surface area contributed by atoms with Crippen molar-refractivity contribution in [3.63, 3.8) is 0 Å². The minimum absolute atomic E-state index is 0.121. The number of benzene rings is 2. The summed E-state index contributed by atoms with van der Waals surface area (Å²) in [5, 5.41) is 8.37. The van der Waals surface area contributed by atoms with Crippen LogP contribution in [0, 0.1) is 0 Å². The van der Waals surface area contributed by atoms with Crippen LogP contribution in [0.3, 0.4) is 0 Å². The van der Waals surface area contributed by atoms with Gasteiger partial charge in [0.2, 0.25) is 17.7 Å². The van der Waals surface area contributed by atoms with Gasteiger partial charge in [-0.25, -0.2) is 0 Å². The highest BCUT2D eigenvalue weighted by atomic mass is 16.2. The van der Waals surface area contributed by atoms with Crippen molar-refractivity contribution >= 4 is 17.7 Å². The lowest BCUT2D eigenvalue weighted by Crippen LogP contribution is -2.62. The molecule has 2 aromatic rings. The summed E-state index contributed by atoms with van der Waals surface area (Å²) >= 11 is 0. The van der Waals surface area contributed by atoms with E-state index in [1.165, 1.54) is 0 Å². The maximum atomic E-state index is 12.3. The number of hydrogen-bond acceptors (Lipinski definition) is 3. The van der Waals surface area contributed by atoms with Crippen molar-refractivity contribution in [2.45, 2.75) is 37.8 Å². The van der Waals surface area contributed by atoms with Gasteiger partial charge in [0.25, 0.3) is 0 Å². The van der Waals surface area contributed by atoms with Gasteiger partial charge in [0.15, 0.2) is 0 Å². The molecule has 2 aromatic carbocycles. The number of carbonyl (C=O) groups is 3. The second kappa shape index (κ2) is 9.69. The summed E-state index contributed by atoms with van der Waals surface area (Å²) in [5.74, 6) is -0.569. The first-order valence-corrected chi connectivity index (χ1v) is 9.57. The Morgan fingerprint density at radius 1 is 0.821 bits per heavy atom. The molecule has 6 heteroatoms. The molecule has 1 aliphatic rings. The molecule has 3 rings (SSSR count). The lowest BCUT2D eigenvalue weighted by atomic mass is 10.00. The summed E-state index contributed by atoms with van der Waals surface area (Å²) in [6.07, 6.45) is 1.68. The zero-order valence-corrected chi connectivity index (χ0v) is 15.7. The summed E-state index contributed by atoms with van der Waals surface area (Å²) in [5.41, 5.74) is 2.14. The Kier molecular flexibility index (Phi) is 6.78. The van der Waals surface area contributed by atoms with Crippen LogP contribution in [0.1, 0.15) is 24.0 Å². The van der Waals surface area contributed by atoms with Crippen molar-refractivity contribution in [3.8, 4) is 0 Å². The molecule has 1 aliphatic heterocycles. The molecule has 0 saturated carbocycles. The van der Waals surface area contributed by atoms with E-state index >= 15 is 0 Å². The molecule has 0 bridgehead atoms. The van der Waals surface area contributed by atoms with Gasteiger partial charge in [-0.15, -0.1) is 0 Å². The zero-order chi connectivity index (χ0) is 19.8. The topological polar surface area (TPSA) is 87.3 Å². The molecular weight excluding hydrogens is 354 g/mol. The van der Waals surface area contributed by atoms with E-state index in [0.29, 0.717) is 13.0 Å². The van der Waals surface area contributed by atoms with E-state index in [1.807, 2.05) is 60.7 Å². The highest BCUT2D eigenvalue weighted by molar-refractivity contribution is 5.97. The van der Waals surface area contributed by atoms with E-state index in [4.69, 9.17) is 0 Å². The van der Waals surface area contributed by atoms with Gasteiger partial charge < -0.3 is 16.0 Å². The van der Waals surface area contributed by atoms with E-state index in [-0.39, 0.29) is 30.6 Å². The van der Waals surface area contributed by atoms with Crippen molar-refractivity contribution in [2.75, 3.05) is 6.54 Å². The fourth-order valence-electron chi connectivity index (χ4n) is 3.23. The zero-order valence-electron chi connectivity index (χ0n) is 15.7. The van der Waals surface area contributed by atoms with Crippen LogP contribution in [0.15, 0.2) is 60.7 Å². The Bertz CT molecular complexity index is 808. The monoisotopic (exact) mass is 379 g/mol. The highest BCUT2D eigenvalue weighted by Gasteiger charge is 2.33. The van der Waals surface area contributed by atoms with Crippen LogP contribution in [0.4, 0.5) is 0 Å². The second-order valence-electron chi connectivity index (χ2n) is 6.94. The largest absolute Gasteiger partial charge is 0.356 e. The minimum atomic E-state index is -0.667. The Labute approximate surface area is 164 Å². The van der Waals surface area contributed by atoms with Crippen LogP contribution in [0.5, 0.6) is 0 Å². The highest BCUT2D eigenvalue weighted by Crippen LogP contribution is 2.09. The first-order chi connectivity index (χ1) is 13.6. The van der Waals surface area contributed by atoms with Crippen LogP contribution >= 0.6 is 0 Å². The normalized spacial score (nSPS) is 18.9. The minimum Gasteiger partial charge on any atom is -0.356 e. The van der Waals surface area contributed by atoms with Gasteiger partial charge in [-0.2, -0.15) is 0 Å². The van der Waals surface area contributed by atoms with Crippen LogP contribution < -0.4 is 16.0 Å². The van der Waals surface area contributed by atoms with Crippen LogP contribution in [0.25, 0.3) is 0 Å². The molecule has 2 atom stereocenters. The Morgan fingerprint density at radius 2 is 1.39 bits per heavy atom. The average molecular weight is 379 g/mol. The lowest BCUT2D eigenvalue weighted by Gasteiger charge is -2.29. The molecule has 0 radical (unpaired) electrons. The third-order valence-electron chi connectivity index (χ3n) is 4.79. The van der Waals surface area contributed by atoms with Crippen LogP contribution in [-0.2, 0) is 27.2 Å². The van der Waals surface area contributed by atoms with E-state index in [1.54, 1.807) is 0 Å². The molecule has 0 aromatic heterocycles. The molecule has 2 unspecified atom stereocenters. The molecule has 6 nitrogen and oxygen atoms in total.